The first-order chi connectivity index (χ1) is 17.5. The van der Waals surface area contributed by atoms with Crippen LogP contribution in [0.3, 0.4) is 0 Å². The molecule has 4 atom stereocenters. The maximum Gasteiger partial charge on any atom is 0.326 e. The van der Waals surface area contributed by atoms with Gasteiger partial charge in [0, 0.05) is 19.5 Å². The summed E-state index contributed by atoms with van der Waals surface area (Å²) in [4.78, 5) is 55.7. The van der Waals surface area contributed by atoms with Crippen LogP contribution < -0.4 is 27.8 Å². The molecule has 14 heteroatoms. The highest BCUT2D eigenvalue weighted by atomic mass is 16.4. The number of aromatic hydroxyl groups is 1. The Kier molecular flexibility index (Phi) is 11.1. The fourth-order valence-electron chi connectivity index (χ4n) is 3.96. The molecule has 0 spiro atoms. The Morgan fingerprint density at radius 3 is 2.32 bits per heavy atom. The van der Waals surface area contributed by atoms with Gasteiger partial charge in [-0.05, 0) is 43.4 Å². The van der Waals surface area contributed by atoms with Gasteiger partial charge < -0.3 is 48.1 Å². The van der Waals surface area contributed by atoms with Crippen LogP contribution in [0.15, 0.2) is 29.3 Å². The first kappa shape index (κ1) is 29.3. The summed E-state index contributed by atoms with van der Waals surface area (Å²) in [6, 6.07) is 1.45. The van der Waals surface area contributed by atoms with E-state index in [1.807, 2.05) is 0 Å². The summed E-state index contributed by atoms with van der Waals surface area (Å²) in [6.07, 6.45) is 1.20. The molecule has 1 saturated heterocycles. The second-order valence-electron chi connectivity index (χ2n) is 8.76. The highest BCUT2D eigenvalue weighted by Crippen LogP contribution is 2.20. The predicted octanol–water partition coefficient (Wildman–Crippen LogP) is -2.65. The molecule has 3 amide bonds. The Morgan fingerprint density at radius 1 is 1.08 bits per heavy atom. The molecule has 0 bridgehead atoms. The van der Waals surface area contributed by atoms with Gasteiger partial charge in [-0.1, -0.05) is 12.1 Å². The number of carboxylic acids is 1. The zero-order valence-corrected chi connectivity index (χ0v) is 20.4. The molecule has 1 aromatic rings. The predicted molar refractivity (Wildman–Crippen MR) is 133 cm³/mol. The zero-order chi connectivity index (χ0) is 27.5. The van der Waals surface area contributed by atoms with Crippen LogP contribution in [0.5, 0.6) is 5.75 Å². The summed E-state index contributed by atoms with van der Waals surface area (Å²) in [5.41, 5.74) is 16.8. The molecule has 1 aliphatic heterocycles. The van der Waals surface area contributed by atoms with E-state index in [1.54, 1.807) is 12.1 Å². The lowest BCUT2D eigenvalue weighted by molar-refractivity contribution is -0.149. The Morgan fingerprint density at radius 2 is 1.73 bits per heavy atom. The van der Waals surface area contributed by atoms with Gasteiger partial charge in [0.25, 0.3) is 0 Å². The van der Waals surface area contributed by atoms with Crippen molar-refractivity contribution in [1.82, 2.24) is 15.5 Å². The summed E-state index contributed by atoms with van der Waals surface area (Å²) < 4.78 is 0. The molecule has 0 radical (unpaired) electrons. The number of nitrogens with two attached hydrogens (primary N) is 3. The summed E-state index contributed by atoms with van der Waals surface area (Å²) in [5, 5.41) is 33.4. The number of aliphatic carboxylic acids is 1. The van der Waals surface area contributed by atoms with Crippen molar-refractivity contribution in [2.45, 2.75) is 56.3 Å². The number of carbonyl (C=O) groups excluding carboxylic acids is 3. The van der Waals surface area contributed by atoms with E-state index in [0.717, 1.165) is 0 Å². The lowest BCUT2D eigenvalue weighted by Crippen LogP contribution is -2.58. The number of carboxylic acid groups (broad SMARTS) is 1. The molecule has 204 valence electrons. The van der Waals surface area contributed by atoms with Gasteiger partial charge in [-0.15, -0.1) is 0 Å². The number of hydrogen-bond acceptors (Lipinski definition) is 8. The quantitative estimate of drug-likeness (QED) is 0.0760. The number of amides is 3. The molecule has 2 rings (SSSR count). The summed E-state index contributed by atoms with van der Waals surface area (Å²) in [6.45, 7) is -0.235. The Hall–Kier alpha value is -3.91. The van der Waals surface area contributed by atoms with Crippen LogP contribution in [0, 0.1) is 0 Å². The average Bonchev–Trinajstić information content (AvgIpc) is 3.36. The number of carbonyl (C=O) groups is 4. The van der Waals surface area contributed by atoms with Crippen molar-refractivity contribution in [1.29, 1.82) is 0 Å². The van der Waals surface area contributed by atoms with E-state index in [4.69, 9.17) is 17.2 Å². The Bertz CT molecular complexity index is 982. The van der Waals surface area contributed by atoms with E-state index < -0.39 is 54.5 Å². The molecule has 14 nitrogen and oxygen atoms in total. The number of rotatable bonds is 13. The van der Waals surface area contributed by atoms with Crippen LogP contribution in [-0.4, -0.2) is 93.7 Å². The fourth-order valence-corrected chi connectivity index (χ4v) is 3.96. The van der Waals surface area contributed by atoms with Crippen molar-refractivity contribution in [3.8, 4) is 5.75 Å². The van der Waals surface area contributed by atoms with E-state index in [9.17, 15) is 34.5 Å². The number of guanidine groups is 1. The Labute approximate surface area is 213 Å². The number of aliphatic hydroxyl groups excluding tert-OH is 1. The number of phenols is 1. The summed E-state index contributed by atoms with van der Waals surface area (Å²) in [7, 11) is 0. The Balaban J connectivity index is 2.26. The van der Waals surface area contributed by atoms with Crippen molar-refractivity contribution >= 4 is 29.7 Å². The molecular formula is C23H35N7O7. The van der Waals surface area contributed by atoms with Gasteiger partial charge in [-0.2, -0.15) is 0 Å². The van der Waals surface area contributed by atoms with Gasteiger partial charge in [-0.3, -0.25) is 19.4 Å². The molecule has 1 heterocycles. The van der Waals surface area contributed by atoms with Crippen LogP contribution in [0.25, 0.3) is 0 Å². The van der Waals surface area contributed by atoms with Gasteiger partial charge >= 0.3 is 5.97 Å². The molecule has 11 N–H and O–H groups in total. The second kappa shape index (κ2) is 14.0. The molecule has 1 fully saturated rings. The van der Waals surface area contributed by atoms with Gasteiger partial charge in [0.05, 0.1) is 6.61 Å². The van der Waals surface area contributed by atoms with E-state index >= 15 is 0 Å². The SMILES string of the molecule is NC(N)=NCCCC(NC(=O)C(N)CO)C(=O)NC(Cc1ccc(O)cc1)C(=O)N1CCCC1C(=O)O. The smallest absolute Gasteiger partial charge is 0.326 e. The molecule has 37 heavy (non-hydrogen) atoms. The van der Waals surface area contributed by atoms with Gasteiger partial charge in [0.1, 0.15) is 29.9 Å². The molecule has 0 saturated carbocycles. The number of nitrogens with one attached hydrogen (secondary N) is 2. The van der Waals surface area contributed by atoms with E-state index in [2.05, 4.69) is 15.6 Å². The number of likely N-dealkylation sites (tertiary alicyclic amines) is 1. The largest absolute Gasteiger partial charge is 0.508 e. The third-order valence-electron chi connectivity index (χ3n) is 5.92. The normalized spacial score (nSPS) is 17.4. The van der Waals surface area contributed by atoms with Crippen LogP contribution in [0.1, 0.15) is 31.2 Å². The molecular weight excluding hydrogens is 486 g/mol. The third kappa shape index (κ3) is 8.91. The minimum atomic E-state index is -1.26. The number of aliphatic hydroxyl groups is 1. The number of nitrogens with zero attached hydrogens (tertiary/aromatic N) is 2. The van der Waals surface area contributed by atoms with Gasteiger partial charge in [0.15, 0.2) is 5.96 Å². The van der Waals surface area contributed by atoms with Crippen molar-refractivity contribution in [2.24, 2.45) is 22.2 Å². The van der Waals surface area contributed by atoms with Gasteiger partial charge in [-0.25, -0.2) is 4.79 Å². The maximum absolute atomic E-state index is 13.4. The van der Waals surface area contributed by atoms with Crippen LogP contribution >= 0.6 is 0 Å². The molecule has 0 aromatic heterocycles. The highest BCUT2D eigenvalue weighted by molar-refractivity contribution is 5.94. The summed E-state index contributed by atoms with van der Waals surface area (Å²) >= 11 is 0. The fraction of sp³-hybridized carbons (Fsp3) is 0.522. The molecule has 4 unspecified atom stereocenters. The number of hydrogen-bond donors (Lipinski definition) is 8. The van der Waals surface area contributed by atoms with Crippen molar-refractivity contribution in [2.75, 3.05) is 19.7 Å². The highest BCUT2D eigenvalue weighted by Gasteiger charge is 2.38. The number of benzene rings is 1. The average molecular weight is 522 g/mol. The summed E-state index contributed by atoms with van der Waals surface area (Å²) in [5.74, 6) is -3.30. The standard InChI is InChI=1S/C23H35N7O7/c24-15(12-31)19(33)28-16(3-1-9-27-23(25)26)20(34)29-17(11-13-5-7-14(32)8-6-13)21(35)30-10-2-4-18(30)22(36)37/h5-8,15-18,31-32H,1-4,9-12,24H2,(H,28,33)(H,29,34)(H,36,37)(H4,25,26,27). The zero-order valence-electron chi connectivity index (χ0n) is 20.4. The first-order valence-corrected chi connectivity index (χ1v) is 11.9. The van der Waals surface area contributed by atoms with Crippen molar-refractivity contribution in [3.63, 3.8) is 0 Å². The maximum atomic E-state index is 13.4. The lowest BCUT2D eigenvalue weighted by atomic mass is 10.0. The topological polar surface area (TPSA) is 247 Å². The van der Waals surface area contributed by atoms with E-state index in [1.165, 1.54) is 17.0 Å². The van der Waals surface area contributed by atoms with E-state index in [-0.39, 0.29) is 37.6 Å². The van der Waals surface area contributed by atoms with Gasteiger partial charge in [0.2, 0.25) is 17.7 Å². The minimum Gasteiger partial charge on any atom is -0.508 e. The lowest BCUT2D eigenvalue weighted by Gasteiger charge is -2.29. The van der Waals surface area contributed by atoms with Crippen molar-refractivity contribution < 1.29 is 34.5 Å². The van der Waals surface area contributed by atoms with Crippen LogP contribution in [0.4, 0.5) is 0 Å². The first-order valence-electron chi connectivity index (χ1n) is 11.9. The third-order valence-corrected chi connectivity index (χ3v) is 5.92. The molecule has 0 aliphatic carbocycles. The van der Waals surface area contributed by atoms with Crippen molar-refractivity contribution in [3.05, 3.63) is 29.8 Å². The monoisotopic (exact) mass is 521 g/mol. The number of aliphatic imine (C=N–C) groups is 1. The van der Waals surface area contributed by atoms with Crippen LogP contribution in [0.2, 0.25) is 0 Å². The molecule has 1 aliphatic rings. The minimum absolute atomic E-state index is 0.0124. The molecule has 1 aromatic carbocycles. The van der Waals surface area contributed by atoms with Crippen LogP contribution in [-0.2, 0) is 25.6 Å². The number of phenolic OH excluding ortho intramolecular Hbond substituents is 1. The van der Waals surface area contributed by atoms with E-state index in [0.29, 0.717) is 24.8 Å². The second-order valence-corrected chi connectivity index (χ2v) is 8.76.